The molecule has 1 N–H and O–H groups in total. The SMILES string of the molecule is COC(=O)C1CCC(Nc2ncccc2Br)CC1. The van der Waals surface area contributed by atoms with Crippen molar-refractivity contribution < 1.29 is 9.53 Å². The van der Waals surface area contributed by atoms with Gasteiger partial charge in [-0.2, -0.15) is 0 Å². The number of esters is 1. The molecule has 0 saturated heterocycles. The highest BCUT2D eigenvalue weighted by Crippen LogP contribution is 2.28. The number of halogens is 1. The van der Waals surface area contributed by atoms with Gasteiger partial charge in [-0.3, -0.25) is 4.79 Å². The van der Waals surface area contributed by atoms with E-state index in [2.05, 4.69) is 26.2 Å². The van der Waals surface area contributed by atoms with Crippen LogP contribution in [0, 0.1) is 5.92 Å². The van der Waals surface area contributed by atoms with Gasteiger partial charge < -0.3 is 10.1 Å². The molecule has 1 aliphatic carbocycles. The van der Waals surface area contributed by atoms with Crippen molar-refractivity contribution in [2.24, 2.45) is 5.92 Å². The van der Waals surface area contributed by atoms with Gasteiger partial charge in [0.05, 0.1) is 17.5 Å². The molecule has 5 heteroatoms. The van der Waals surface area contributed by atoms with Gasteiger partial charge in [0, 0.05) is 12.2 Å². The topological polar surface area (TPSA) is 51.2 Å². The number of ether oxygens (including phenoxy) is 1. The zero-order valence-electron chi connectivity index (χ0n) is 10.4. The Bertz CT molecular complexity index is 417. The van der Waals surface area contributed by atoms with Gasteiger partial charge in [0.2, 0.25) is 0 Å². The Morgan fingerprint density at radius 2 is 2.17 bits per heavy atom. The molecule has 1 heterocycles. The molecule has 0 unspecified atom stereocenters. The summed E-state index contributed by atoms with van der Waals surface area (Å²) < 4.78 is 5.76. The van der Waals surface area contributed by atoms with Gasteiger partial charge in [-0.25, -0.2) is 4.98 Å². The van der Waals surface area contributed by atoms with E-state index in [1.807, 2.05) is 12.1 Å². The van der Waals surface area contributed by atoms with Crippen molar-refractivity contribution in [3.8, 4) is 0 Å². The van der Waals surface area contributed by atoms with Gasteiger partial charge >= 0.3 is 5.97 Å². The van der Waals surface area contributed by atoms with Crippen molar-refractivity contribution >= 4 is 27.7 Å². The van der Waals surface area contributed by atoms with Crippen LogP contribution in [0.15, 0.2) is 22.8 Å². The number of aromatic nitrogens is 1. The lowest BCUT2D eigenvalue weighted by molar-refractivity contribution is -0.146. The molecule has 0 radical (unpaired) electrons. The van der Waals surface area contributed by atoms with E-state index in [1.165, 1.54) is 7.11 Å². The van der Waals surface area contributed by atoms with Crippen molar-refractivity contribution in [1.29, 1.82) is 0 Å². The monoisotopic (exact) mass is 312 g/mol. The zero-order valence-corrected chi connectivity index (χ0v) is 11.9. The number of anilines is 1. The molecule has 1 aromatic rings. The van der Waals surface area contributed by atoms with Crippen LogP contribution in [0.5, 0.6) is 0 Å². The van der Waals surface area contributed by atoms with Gasteiger partial charge in [-0.05, 0) is 53.7 Å². The Morgan fingerprint density at radius 3 is 2.78 bits per heavy atom. The lowest BCUT2D eigenvalue weighted by Gasteiger charge is -2.28. The summed E-state index contributed by atoms with van der Waals surface area (Å²) >= 11 is 3.47. The predicted molar refractivity (Wildman–Crippen MR) is 73.3 cm³/mol. The minimum Gasteiger partial charge on any atom is -0.469 e. The van der Waals surface area contributed by atoms with Gasteiger partial charge in [-0.15, -0.1) is 0 Å². The van der Waals surface area contributed by atoms with Gasteiger partial charge in [0.25, 0.3) is 0 Å². The zero-order chi connectivity index (χ0) is 13.0. The fraction of sp³-hybridized carbons (Fsp3) is 0.538. The van der Waals surface area contributed by atoms with Crippen LogP contribution in [0.3, 0.4) is 0 Å². The number of methoxy groups -OCH3 is 1. The smallest absolute Gasteiger partial charge is 0.308 e. The molecule has 0 bridgehead atoms. The first kappa shape index (κ1) is 13.3. The molecule has 0 spiro atoms. The molecular weight excluding hydrogens is 296 g/mol. The fourth-order valence-electron chi connectivity index (χ4n) is 2.33. The fourth-order valence-corrected chi connectivity index (χ4v) is 2.69. The standard InChI is InChI=1S/C13H17BrN2O2/c1-18-13(17)9-4-6-10(7-5-9)16-12-11(14)3-2-8-15-12/h2-3,8-10H,4-7H2,1H3,(H,15,16). The van der Waals surface area contributed by atoms with Crippen molar-refractivity contribution in [3.05, 3.63) is 22.8 Å². The second kappa shape index (κ2) is 6.18. The molecule has 4 nitrogen and oxygen atoms in total. The highest BCUT2D eigenvalue weighted by atomic mass is 79.9. The maximum atomic E-state index is 11.4. The molecule has 0 amide bonds. The maximum absolute atomic E-state index is 11.4. The van der Waals surface area contributed by atoms with Crippen LogP contribution in [0.2, 0.25) is 0 Å². The number of carbonyl (C=O) groups is 1. The Labute approximate surface area is 115 Å². The highest BCUT2D eigenvalue weighted by Gasteiger charge is 2.27. The Morgan fingerprint density at radius 1 is 1.44 bits per heavy atom. The van der Waals surface area contributed by atoms with Gasteiger partial charge in [-0.1, -0.05) is 0 Å². The van der Waals surface area contributed by atoms with Crippen molar-refractivity contribution in [2.75, 3.05) is 12.4 Å². The van der Waals surface area contributed by atoms with Crippen LogP contribution < -0.4 is 5.32 Å². The lowest BCUT2D eigenvalue weighted by Crippen LogP contribution is -2.30. The molecule has 18 heavy (non-hydrogen) atoms. The third-order valence-electron chi connectivity index (χ3n) is 3.36. The van der Waals surface area contributed by atoms with Gasteiger partial charge in [0.15, 0.2) is 0 Å². The molecular formula is C13H17BrN2O2. The van der Waals surface area contributed by atoms with E-state index in [4.69, 9.17) is 4.74 Å². The Hall–Kier alpha value is -1.10. The van der Waals surface area contributed by atoms with E-state index in [-0.39, 0.29) is 11.9 Å². The number of carbonyl (C=O) groups excluding carboxylic acids is 1. The molecule has 1 saturated carbocycles. The summed E-state index contributed by atoms with van der Waals surface area (Å²) in [5.74, 6) is 0.867. The molecule has 1 aromatic heterocycles. The normalized spacial score (nSPS) is 23.4. The van der Waals surface area contributed by atoms with E-state index < -0.39 is 0 Å². The Balaban J connectivity index is 1.87. The number of hydrogen-bond donors (Lipinski definition) is 1. The second-order valence-corrected chi connectivity index (χ2v) is 5.40. The molecule has 0 aromatic carbocycles. The van der Waals surface area contributed by atoms with E-state index in [1.54, 1.807) is 6.20 Å². The van der Waals surface area contributed by atoms with E-state index >= 15 is 0 Å². The summed E-state index contributed by atoms with van der Waals surface area (Å²) in [5.41, 5.74) is 0. The maximum Gasteiger partial charge on any atom is 0.308 e. The van der Waals surface area contributed by atoms with Crippen LogP contribution in [-0.2, 0) is 9.53 Å². The quantitative estimate of drug-likeness (QED) is 0.872. The van der Waals surface area contributed by atoms with Crippen molar-refractivity contribution in [3.63, 3.8) is 0 Å². The average Bonchev–Trinajstić information content (AvgIpc) is 2.41. The molecule has 1 fully saturated rings. The van der Waals surface area contributed by atoms with E-state index in [0.29, 0.717) is 6.04 Å². The number of hydrogen-bond acceptors (Lipinski definition) is 4. The third-order valence-corrected chi connectivity index (χ3v) is 4.00. The summed E-state index contributed by atoms with van der Waals surface area (Å²) in [5, 5.41) is 3.42. The first-order valence-corrected chi connectivity index (χ1v) is 6.95. The first-order valence-electron chi connectivity index (χ1n) is 6.15. The summed E-state index contributed by atoms with van der Waals surface area (Å²) in [6.07, 6.45) is 5.49. The van der Waals surface area contributed by atoms with Crippen molar-refractivity contribution in [2.45, 2.75) is 31.7 Å². The van der Waals surface area contributed by atoms with Crippen LogP contribution in [-0.4, -0.2) is 24.1 Å². The van der Waals surface area contributed by atoms with E-state index in [0.717, 1.165) is 36.0 Å². The molecule has 98 valence electrons. The van der Waals surface area contributed by atoms with Crippen LogP contribution in [0.25, 0.3) is 0 Å². The van der Waals surface area contributed by atoms with Crippen LogP contribution in [0.4, 0.5) is 5.82 Å². The van der Waals surface area contributed by atoms with E-state index in [9.17, 15) is 4.79 Å². The summed E-state index contributed by atoms with van der Waals surface area (Å²) in [6.45, 7) is 0. The number of nitrogens with one attached hydrogen (secondary N) is 1. The predicted octanol–water partition coefficient (Wildman–Crippen LogP) is 2.99. The number of nitrogens with zero attached hydrogens (tertiary/aromatic N) is 1. The van der Waals surface area contributed by atoms with Gasteiger partial charge in [0.1, 0.15) is 5.82 Å². The summed E-state index contributed by atoms with van der Waals surface area (Å²) in [4.78, 5) is 15.7. The highest BCUT2D eigenvalue weighted by molar-refractivity contribution is 9.10. The Kier molecular flexibility index (Phi) is 4.58. The molecule has 0 aliphatic heterocycles. The summed E-state index contributed by atoms with van der Waals surface area (Å²) in [6, 6.07) is 4.25. The largest absolute Gasteiger partial charge is 0.469 e. The lowest BCUT2D eigenvalue weighted by atomic mass is 9.86. The van der Waals surface area contributed by atoms with Crippen LogP contribution in [0.1, 0.15) is 25.7 Å². The number of pyridine rings is 1. The minimum absolute atomic E-state index is 0.0697. The van der Waals surface area contributed by atoms with Crippen molar-refractivity contribution in [1.82, 2.24) is 4.98 Å². The second-order valence-electron chi connectivity index (χ2n) is 4.55. The molecule has 0 atom stereocenters. The average molecular weight is 313 g/mol. The minimum atomic E-state index is -0.0764. The van der Waals surface area contributed by atoms with Crippen LogP contribution >= 0.6 is 15.9 Å². The first-order chi connectivity index (χ1) is 8.70. The summed E-state index contributed by atoms with van der Waals surface area (Å²) in [7, 11) is 1.46. The third kappa shape index (κ3) is 3.22. The molecule has 1 aliphatic rings. The molecule has 2 rings (SSSR count). The number of rotatable bonds is 3.